The van der Waals surface area contributed by atoms with Crippen molar-refractivity contribution < 1.29 is 14.3 Å². The normalized spacial score (nSPS) is 14.3. The van der Waals surface area contributed by atoms with Gasteiger partial charge in [-0.15, -0.1) is 11.8 Å². The molecule has 1 aliphatic heterocycles. The van der Waals surface area contributed by atoms with Gasteiger partial charge < -0.3 is 20.3 Å². The summed E-state index contributed by atoms with van der Waals surface area (Å²) in [6, 6.07) is 15.5. The summed E-state index contributed by atoms with van der Waals surface area (Å²) in [5.74, 6) is -0.395. The summed E-state index contributed by atoms with van der Waals surface area (Å²) in [6.07, 6.45) is 1.96. The van der Waals surface area contributed by atoms with Crippen LogP contribution in [0.1, 0.15) is 0 Å². The Morgan fingerprint density at radius 2 is 1.77 bits per heavy atom. The smallest absolute Gasteiger partial charge is 0.313 e. The third kappa shape index (κ3) is 6.14. The van der Waals surface area contributed by atoms with Crippen LogP contribution < -0.4 is 20.3 Å². The second-order valence-corrected chi connectivity index (χ2v) is 7.85. The summed E-state index contributed by atoms with van der Waals surface area (Å²) in [4.78, 5) is 29.8. The molecular weight excluding hydrogens is 400 g/mol. The number of amides is 2. The maximum atomic E-state index is 12.1. The fourth-order valence-electron chi connectivity index (χ4n) is 3.32. The lowest BCUT2D eigenvalue weighted by molar-refractivity contribution is -0.136. The van der Waals surface area contributed by atoms with E-state index in [4.69, 9.17) is 4.74 Å². The van der Waals surface area contributed by atoms with Crippen LogP contribution in [-0.2, 0) is 9.59 Å². The van der Waals surface area contributed by atoms with E-state index in [9.17, 15) is 9.59 Å². The van der Waals surface area contributed by atoms with E-state index in [-0.39, 0.29) is 0 Å². The van der Waals surface area contributed by atoms with Gasteiger partial charge in [-0.25, -0.2) is 0 Å². The van der Waals surface area contributed by atoms with Crippen LogP contribution in [0.15, 0.2) is 53.4 Å². The van der Waals surface area contributed by atoms with Gasteiger partial charge in [-0.2, -0.15) is 0 Å². The number of carbonyl (C=O) groups is 2. The second-order valence-electron chi connectivity index (χ2n) is 6.97. The molecule has 1 saturated heterocycles. The second kappa shape index (κ2) is 10.9. The molecule has 160 valence electrons. The number of thioether (sulfide) groups is 1. The fraction of sp³-hybridized carbons (Fsp3) is 0.364. The van der Waals surface area contributed by atoms with Crippen LogP contribution in [-0.4, -0.2) is 69.3 Å². The SMILES string of the molecule is COc1ccc(N2CCN(CCNC(=O)C(=O)Nc3cccc(SC)c3)CC2)cc1. The van der Waals surface area contributed by atoms with Crippen LogP contribution in [0.2, 0.25) is 0 Å². The third-order valence-corrected chi connectivity index (χ3v) is 5.78. The van der Waals surface area contributed by atoms with Gasteiger partial charge in [0, 0.05) is 55.5 Å². The highest BCUT2D eigenvalue weighted by atomic mass is 32.2. The number of rotatable bonds is 7. The van der Waals surface area contributed by atoms with Crippen molar-refractivity contribution >= 4 is 35.0 Å². The average Bonchev–Trinajstić information content (AvgIpc) is 2.79. The number of piperazine rings is 1. The van der Waals surface area contributed by atoms with Crippen LogP contribution in [0.25, 0.3) is 0 Å². The summed E-state index contributed by atoms with van der Waals surface area (Å²) < 4.78 is 5.21. The molecule has 8 heteroatoms. The highest BCUT2D eigenvalue weighted by Crippen LogP contribution is 2.20. The Morgan fingerprint density at radius 3 is 2.43 bits per heavy atom. The zero-order valence-corrected chi connectivity index (χ0v) is 18.2. The van der Waals surface area contributed by atoms with E-state index < -0.39 is 11.8 Å². The quantitative estimate of drug-likeness (QED) is 0.521. The van der Waals surface area contributed by atoms with Crippen LogP contribution in [0.5, 0.6) is 5.75 Å². The van der Waals surface area contributed by atoms with Crippen LogP contribution in [0.4, 0.5) is 11.4 Å². The van der Waals surface area contributed by atoms with E-state index >= 15 is 0 Å². The highest BCUT2D eigenvalue weighted by Gasteiger charge is 2.18. The molecule has 0 unspecified atom stereocenters. The van der Waals surface area contributed by atoms with Crippen LogP contribution in [0, 0.1) is 0 Å². The van der Waals surface area contributed by atoms with Crippen molar-refractivity contribution in [3.05, 3.63) is 48.5 Å². The predicted octanol–water partition coefficient (Wildman–Crippen LogP) is 2.29. The van der Waals surface area contributed by atoms with Gasteiger partial charge in [0.15, 0.2) is 0 Å². The standard InChI is InChI=1S/C22H28N4O3S/c1-29-19-8-6-18(7-9-19)26-14-12-25(13-15-26)11-10-23-21(27)22(28)24-17-4-3-5-20(16-17)30-2/h3-9,16H,10-15H2,1-2H3,(H,23,27)(H,24,28). The lowest BCUT2D eigenvalue weighted by Crippen LogP contribution is -2.49. The van der Waals surface area contributed by atoms with E-state index in [2.05, 4.69) is 32.6 Å². The highest BCUT2D eigenvalue weighted by molar-refractivity contribution is 7.98. The van der Waals surface area contributed by atoms with E-state index in [1.807, 2.05) is 36.6 Å². The molecule has 7 nitrogen and oxygen atoms in total. The first kappa shape index (κ1) is 22.0. The largest absolute Gasteiger partial charge is 0.497 e. The number of ether oxygens (including phenoxy) is 1. The summed E-state index contributed by atoms with van der Waals surface area (Å²) in [6.45, 7) is 4.83. The van der Waals surface area contributed by atoms with E-state index in [0.29, 0.717) is 12.2 Å². The summed E-state index contributed by atoms with van der Waals surface area (Å²) in [7, 11) is 1.67. The van der Waals surface area contributed by atoms with Crippen molar-refractivity contribution in [3.8, 4) is 5.75 Å². The number of nitrogens with one attached hydrogen (secondary N) is 2. The van der Waals surface area contributed by atoms with Gasteiger partial charge in [0.25, 0.3) is 0 Å². The van der Waals surface area contributed by atoms with Gasteiger partial charge in [0.2, 0.25) is 0 Å². The van der Waals surface area contributed by atoms with Crippen molar-refractivity contribution in [1.82, 2.24) is 10.2 Å². The Hall–Kier alpha value is -2.71. The monoisotopic (exact) mass is 428 g/mol. The molecule has 1 fully saturated rings. The minimum Gasteiger partial charge on any atom is -0.497 e. The molecule has 1 aliphatic rings. The molecule has 2 aromatic rings. The van der Waals surface area contributed by atoms with E-state index in [0.717, 1.165) is 43.4 Å². The molecule has 3 rings (SSSR count). The molecule has 0 atom stereocenters. The predicted molar refractivity (Wildman–Crippen MR) is 122 cm³/mol. The Balaban J connectivity index is 1.37. The molecule has 30 heavy (non-hydrogen) atoms. The van der Waals surface area contributed by atoms with Gasteiger partial charge in [0.05, 0.1) is 7.11 Å². The Morgan fingerprint density at radius 1 is 1.03 bits per heavy atom. The van der Waals surface area contributed by atoms with E-state index in [1.54, 1.807) is 24.9 Å². The summed E-state index contributed by atoms with van der Waals surface area (Å²) in [5.41, 5.74) is 1.81. The zero-order valence-electron chi connectivity index (χ0n) is 17.4. The van der Waals surface area contributed by atoms with Crippen molar-refractivity contribution in [1.29, 1.82) is 0 Å². The minimum atomic E-state index is -0.641. The number of nitrogens with zero attached hydrogens (tertiary/aromatic N) is 2. The van der Waals surface area contributed by atoms with Gasteiger partial charge in [0.1, 0.15) is 5.75 Å². The first-order chi connectivity index (χ1) is 14.6. The molecule has 1 heterocycles. The Labute approximate surface area is 181 Å². The summed E-state index contributed by atoms with van der Waals surface area (Å²) in [5, 5.41) is 5.35. The topological polar surface area (TPSA) is 73.9 Å². The van der Waals surface area contributed by atoms with Crippen molar-refractivity contribution in [2.45, 2.75) is 4.90 Å². The van der Waals surface area contributed by atoms with Gasteiger partial charge in [-0.05, 0) is 48.7 Å². The molecule has 2 amide bonds. The number of methoxy groups -OCH3 is 1. The Bertz CT molecular complexity index is 852. The first-order valence-electron chi connectivity index (χ1n) is 9.93. The lowest BCUT2D eigenvalue weighted by Gasteiger charge is -2.36. The van der Waals surface area contributed by atoms with E-state index in [1.165, 1.54) is 5.69 Å². The molecule has 2 aromatic carbocycles. The zero-order chi connectivity index (χ0) is 21.3. The van der Waals surface area contributed by atoms with Crippen molar-refractivity contribution in [2.75, 3.05) is 62.9 Å². The van der Waals surface area contributed by atoms with Crippen molar-refractivity contribution in [3.63, 3.8) is 0 Å². The Kier molecular flexibility index (Phi) is 7.98. The molecule has 0 saturated carbocycles. The van der Waals surface area contributed by atoms with Gasteiger partial charge in [-0.3, -0.25) is 14.5 Å². The molecule has 0 bridgehead atoms. The number of anilines is 2. The third-order valence-electron chi connectivity index (χ3n) is 5.06. The minimum absolute atomic E-state index is 0.444. The van der Waals surface area contributed by atoms with Gasteiger partial charge >= 0.3 is 11.8 Å². The molecular formula is C22H28N4O3S. The van der Waals surface area contributed by atoms with Gasteiger partial charge in [-0.1, -0.05) is 6.07 Å². The van der Waals surface area contributed by atoms with Crippen molar-refractivity contribution in [2.24, 2.45) is 0 Å². The lowest BCUT2D eigenvalue weighted by atomic mass is 10.2. The molecule has 0 spiro atoms. The maximum absolute atomic E-state index is 12.1. The van der Waals surface area contributed by atoms with Crippen LogP contribution in [0.3, 0.4) is 0 Å². The maximum Gasteiger partial charge on any atom is 0.313 e. The number of hydrogen-bond donors (Lipinski definition) is 2. The number of hydrogen-bond acceptors (Lipinski definition) is 6. The molecule has 2 N–H and O–H groups in total. The molecule has 0 radical (unpaired) electrons. The molecule has 0 aliphatic carbocycles. The molecule has 0 aromatic heterocycles. The fourth-order valence-corrected chi connectivity index (χ4v) is 3.78. The number of carbonyl (C=O) groups excluding carboxylic acids is 2. The average molecular weight is 429 g/mol. The first-order valence-corrected chi connectivity index (χ1v) is 11.2. The summed E-state index contributed by atoms with van der Waals surface area (Å²) >= 11 is 1.58. The van der Waals surface area contributed by atoms with Crippen LogP contribution >= 0.6 is 11.8 Å². The number of benzene rings is 2.